The van der Waals surface area contributed by atoms with Crippen LogP contribution in [-0.2, 0) is 16.0 Å². The number of aryl methyl sites for hydroxylation is 1. The van der Waals surface area contributed by atoms with E-state index in [4.69, 9.17) is 10.5 Å². The molecule has 2 amide bonds. The summed E-state index contributed by atoms with van der Waals surface area (Å²) < 4.78 is 5.31. The average molecular weight is 295 g/mol. The van der Waals surface area contributed by atoms with E-state index >= 15 is 0 Å². The molecule has 1 atom stereocenters. The highest BCUT2D eigenvalue weighted by molar-refractivity contribution is 6.00. The molecule has 116 valence electrons. The summed E-state index contributed by atoms with van der Waals surface area (Å²) in [6.07, 6.45) is 0.662. The fourth-order valence-corrected chi connectivity index (χ4v) is 2.31. The number of ether oxygens (including phenoxy) is 1. The number of aromatic amines is 1. The summed E-state index contributed by atoms with van der Waals surface area (Å²) in [6.45, 7) is 5.17. The normalized spacial score (nSPS) is 18.6. The predicted molar refractivity (Wildman–Crippen MR) is 76.7 cm³/mol. The van der Waals surface area contributed by atoms with Gasteiger partial charge in [-0.3, -0.25) is 14.7 Å². The number of aromatic nitrogens is 2. The number of amides is 2. The van der Waals surface area contributed by atoms with Gasteiger partial charge in [-0.15, -0.1) is 0 Å². The maximum absolute atomic E-state index is 12.6. The molecule has 0 aromatic carbocycles. The number of carbonyl (C=O) groups excluding carboxylic acids is 2. The number of nitrogens with zero attached hydrogens (tertiary/aromatic N) is 2. The Hall–Kier alpha value is -2.09. The molecule has 0 bridgehead atoms. The minimum absolute atomic E-state index is 0.169. The van der Waals surface area contributed by atoms with E-state index in [9.17, 15) is 9.59 Å². The number of rotatable bonds is 4. The zero-order chi connectivity index (χ0) is 15.4. The third-order valence-corrected chi connectivity index (χ3v) is 3.48. The Kier molecular flexibility index (Phi) is 4.79. The van der Waals surface area contributed by atoms with Crippen LogP contribution in [0.2, 0.25) is 0 Å². The number of anilines is 1. The fourth-order valence-electron chi connectivity index (χ4n) is 2.31. The van der Waals surface area contributed by atoms with Crippen molar-refractivity contribution in [3.8, 4) is 0 Å². The lowest BCUT2D eigenvalue weighted by molar-refractivity contribution is -0.130. The third kappa shape index (κ3) is 2.99. The lowest BCUT2D eigenvalue weighted by atomic mass is 10.1. The summed E-state index contributed by atoms with van der Waals surface area (Å²) in [4.78, 5) is 26.1. The SMILES string of the molecule is CCNC(=O)C1COCCN1C(=O)c1n[nH]c(CC)c1N. The first kappa shape index (κ1) is 15.3. The van der Waals surface area contributed by atoms with Crippen LogP contribution in [0, 0.1) is 0 Å². The largest absolute Gasteiger partial charge is 0.395 e. The van der Waals surface area contributed by atoms with Gasteiger partial charge >= 0.3 is 0 Å². The molecule has 1 saturated heterocycles. The van der Waals surface area contributed by atoms with Gasteiger partial charge in [0.05, 0.1) is 24.6 Å². The highest BCUT2D eigenvalue weighted by Gasteiger charge is 2.35. The van der Waals surface area contributed by atoms with Crippen LogP contribution in [-0.4, -0.2) is 59.3 Å². The molecule has 0 spiro atoms. The number of nitrogen functional groups attached to an aromatic ring is 1. The molecule has 0 radical (unpaired) electrons. The lowest BCUT2D eigenvalue weighted by Crippen LogP contribution is -2.56. The standard InChI is InChI=1S/C13H21N5O3/c1-3-8-10(14)11(17-16-8)13(20)18-5-6-21-7-9(18)12(19)15-4-2/h9H,3-7,14H2,1-2H3,(H,15,19)(H,16,17). The van der Waals surface area contributed by atoms with Crippen molar-refractivity contribution in [2.75, 3.05) is 32.0 Å². The molecule has 0 saturated carbocycles. The molecule has 1 aromatic rings. The Bertz CT molecular complexity index is 528. The summed E-state index contributed by atoms with van der Waals surface area (Å²) in [6, 6.07) is -0.646. The Morgan fingerprint density at radius 2 is 2.29 bits per heavy atom. The van der Waals surface area contributed by atoms with Crippen LogP contribution < -0.4 is 11.1 Å². The minimum Gasteiger partial charge on any atom is -0.395 e. The monoisotopic (exact) mass is 295 g/mol. The third-order valence-electron chi connectivity index (χ3n) is 3.48. The van der Waals surface area contributed by atoms with Gasteiger partial charge in [-0.2, -0.15) is 5.10 Å². The number of morpholine rings is 1. The zero-order valence-corrected chi connectivity index (χ0v) is 12.3. The van der Waals surface area contributed by atoms with Crippen LogP contribution in [0.5, 0.6) is 0 Å². The van der Waals surface area contributed by atoms with Gasteiger partial charge in [0.15, 0.2) is 5.69 Å². The predicted octanol–water partition coefficient (Wildman–Crippen LogP) is -0.469. The Morgan fingerprint density at radius 3 is 2.90 bits per heavy atom. The number of hydrogen-bond donors (Lipinski definition) is 3. The summed E-state index contributed by atoms with van der Waals surface area (Å²) in [5, 5.41) is 9.46. The number of nitrogens with one attached hydrogen (secondary N) is 2. The molecule has 0 aliphatic carbocycles. The van der Waals surface area contributed by atoms with Crippen LogP contribution in [0.15, 0.2) is 0 Å². The number of H-pyrrole nitrogens is 1. The first-order valence-corrected chi connectivity index (χ1v) is 7.09. The number of likely N-dealkylation sites (N-methyl/N-ethyl adjacent to an activating group) is 1. The molecule has 1 fully saturated rings. The number of hydrogen-bond acceptors (Lipinski definition) is 5. The molecule has 8 nitrogen and oxygen atoms in total. The second-order valence-corrected chi connectivity index (χ2v) is 4.80. The van der Waals surface area contributed by atoms with E-state index in [2.05, 4.69) is 15.5 Å². The van der Waals surface area contributed by atoms with Crippen molar-refractivity contribution in [2.24, 2.45) is 0 Å². The van der Waals surface area contributed by atoms with Crippen LogP contribution in [0.3, 0.4) is 0 Å². The molecule has 4 N–H and O–H groups in total. The van der Waals surface area contributed by atoms with Gasteiger partial charge in [0.2, 0.25) is 5.91 Å². The Morgan fingerprint density at radius 1 is 1.52 bits per heavy atom. The molecule has 8 heteroatoms. The fraction of sp³-hybridized carbons (Fsp3) is 0.615. The van der Waals surface area contributed by atoms with Crippen LogP contribution in [0.25, 0.3) is 0 Å². The van der Waals surface area contributed by atoms with E-state index in [0.29, 0.717) is 31.8 Å². The highest BCUT2D eigenvalue weighted by atomic mass is 16.5. The smallest absolute Gasteiger partial charge is 0.277 e. The van der Waals surface area contributed by atoms with E-state index < -0.39 is 6.04 Å². The molecule has 1 aliphatic heterocycles. The number of carbonyl (C=O) groups is 2. The second kappa shape index (κ2) is 6.57. The second-order valence-electron chi connectivity index (χ2n) is 4.80. The molecule has 2 heterocycles. The van der Waals surface area contributed by atoms with E-state index in [1.165, 1.54) is 4.90 Å². The van der Waals surface area contributed by atoms with E-state index in [0.717, 1.165) is 5.69 Å². The quantitative estimate of drug-likeness (QED) is 0.695. The summed E-state index contributed by atoms with van der Waals surface area (Å²) >= 11 is 0. The molecule has 1 aliphatic rings. The minimum atomic E-state index is -0.646. The summed E-state index contributed by atoms with van der Waals surface area (Å²) in [5.74, 6) is -0.571. The molecule has 1 unspecified atom stereocenters. The van der Waals surface area contributed by atoms with Crippen molar-refractivity contribution in [1.29, 1.82) is 0 Å². The van der Waals surface area contributed by atoms with E-state index in [1.807, 2.05) is 13.8 Å². The van der Waals surface area contributed by atoms with Gasteiger partial charge in [0, 0.05) is 13.1 Å². The lowest BCUT2D eigenvalue weighted by Gasteiger charge is -2.34. The molecule has 21 heavy (non-hydrogen) atoms. The maximum atomic E-state index is 12.6. The average Bonchev–Trinajstić information content (AvgIpc) is 2.87. The summed E-state index contributed by atoms with van der Waals surface area (Å²) in [7, 11) is 0. The van der Waals surface area contributed by atoms with Crippen LogP contribution in [0.1, 0.15) is 30.0 Å². The Labute approximate surface area is 123 Å². The Balaban J connectivity index is 2.22. The molecular weight excluding hydrogens is 274 g/mol. The van der Waals surface area contributed by atoms with Crippen molar-refractivity contribution >= 4 is 17.5 Å². The topological polar surface area (TPSA) is 113 Å². The maximum Gasteiger partial charge on any atom is 0.277 e. The van der Waals surface area contributed by atoms with Gasteiger partial charge in [-0.25, -0.2) is 0 Å². The van der Waals surface area contributed by atoms with Crippen molar-refractivity contribution in [3.05, 3.63) is 11.4 Å². The van der Waals surface area contributed by atoms with Gasteiger partial charge in [-0.1, -0.05) is 6.92 Å². The van der Waals surface area contributed by atoms with Crippen molar-refractivity contribution in [2.45, 2.75) is 26.3 Å². The van der Waals surface area contributed by atoms with Crippen molar-refractivity contribution < 1.29 is 14.3 Å². The van der Waals surface area contributed by atoms with Gasteiger partial charge in [-0.05, 0) is 13.3 Å². The first-order valence-electron chi connectivity index (χ1n) is 7.09. The number of nitrogens with two attached hydrogens (primary N) is 1. The van der Waals surface area contributed by atoms with Gasteiger partial charge in [0.25, 0.3) is 5.91 Å². The molecular formula is C13H21N5O3. The van der Waals surface area contributed by atoms with E-state index in [1.54, 1.807) is 0 Å². The van der Waals surface area contributed by atoms with Gasteiger partial charge in [0.1, 0.15) is 6.04 Å². The molecule has 1 aromatic heterocycles. The summed E-state index contributed by atoms with van der Waals surface area (Å²) in [5.41, 5.74) is 7.17. The zero-order valence-electron chi connectivity index (χ0n) is 12.3. The van der Waals surface area contributed by atoms with E-state index in [-0.39, 0.29) is 24.1 Å². The highest BCUT2D eigenvalue weighted by Crippen LogP contribution is 2.19. The van der Waals surface area contributed by atoms with Gasteiger partial charge < -0.3 is 20.7 Å². The van der Waals surface area contributed by atoms with Crippen LogP contribution >= 0.6 is 0 Å². The van der Waals surface area contributed by atoms with Crippen molar-refractivity contribution in [3.63, 3.8) is 0 Å². The first-order chi connectivity index (χ1) is 10.1. The van der Waals surface area contributed by atoms with Crippen molar-refractivity contribution in [1.82, 2.24) is 20.4 Å². The molecule has 2 rings (SSSR count). The van der Waals surface area contributed by atoms with Crippen LogP contribution in [0.4, 0.5) is 5.69 Å².